The van der Waals surface area contributed by atoms with E-state index in [1.54, 1.807) is 7.11 Å². The van der Waals surface area contributed by atoms with Crippen LogP contribution in [0.1, 0.15) is 6.42 Å². The van der Waals surface area contributed by atoms with Crippen LogP contribution in [0.5, 0.6) is 0 Å². The molecule has 0 unspecified atom stereocenters. The lowest BCUT2D eigenvalue weighted by atomic mass is 10.6. The van der Waals surface area contributed by atoms with Crippen molar-refractivity contribution < 1.29 is 17.4 Å². The molecule has 0 aliphatic carbocycles. The maximum Gasteiger partial charge on any atom is 0.264 e. The van der Waals surface area contributed by atoms with Crippen molar-refractivity contribution >= 4 is 18.4 Å². The minimum atomic E-state index is -3.79. The van der Waals surface area contributed by atoms with Crippen molar-refractivity contribution in [3.05, 3.63) is 0 Å². The number of hydrogen-bond donors (Lipinski definition) is 1. The van der Waals surface area contributed by atoms with Gasteiger partial charge >= 0.3 is 0 Å². The summed E-state index contributed by atoms with van der Waals surface area (Å²) in [6, 6.07) is 0.753. The molecule has 74 valence electrons. The summed E-state index contributed by atoms with van der Waals surface area (Å²) in [4.78, 5) is 0. The van der Waals surface area contributed by atoms with Crippen LogP contribution in [0, 0.1) is 0 Å². The van der Waals surface area contributed by atoms with Gasteiger partial charge in [-0.05, 0) is 25.6 Å². The highest BCUT2D eigenvalue weighted by molar-refractivity contribution is 7.85. The van der Waals surface area contributed by atoms with Gasteiger partial charge in [-0.2, -0.15) is 8.42 Å². The molecule has 0 rings (SSSR count). The Bertz CT molecular complexity index is 222. The highest BCUT2D eigenvalue weighted by atomic mass is 32.2. The molecule has 0 aromatic heterocycles. The fourth-order valence-electron chi connectivity index (χ4n) is 0.782. The van der Waals surface area contributed by atoms with Gasteiger partial charge in [0.05, 0.1) is 5.75 Å². The Morgan fingerprint density at radius 1 is 1.42 bits per heavy atom. The summed E-state index contributed by atoms with van der Waals surface area (Å²) < 4.78 is 34.3. The summed E-state index contributed by atoms with van der Waals surface area (Å²) >= 11 is 0. The monoisotopic (exact) mass is 212 g/mol. The molecule has 6 heteroatoms. The Morgan fingerprint density at radius 2 is 1.92 bits per heavy atom. The van der Waals surface area contributed by atoms with Gasteiger partial charge in [0, 0.05) is 7.11 Å². The summed E-state index contributed by atoms with van der Waals surface area (Å²) in [6.07, 6.45) is 0.478. The molecule has 0 bridgehead atoms. The molecule has 0 heterocycles. The minimum Gasteiger partial charge on any atom is -0.420 e. The van der Waals surface area contributed by atoms with Crippen molar-refractivity contribution in [3.8, 4) is 0 Å². The summed E-state index contributed by atoms with van der Waals surface area (Å²) in [6.45, 7) is 4.02. The van der Waals surface area contributed by atoms with E-state index in [1.165, 1.54) is 0 Å². The SMILES string of the molecule is CO[Si](C)(C)CCCS(=O)(=O)O. The molecule has 0 amide bonds. The van der Waals surface area contributed by atoms with Crippen molar-refractivity contribution in [2.75, 3.05) is 12.9 Å². The lowest BCUT2D eigenvalue weighted by molar-refractivity contribution is 0.402. The average molecular weight is 212 g/mol. The Balaban J connectivity index is 3.72. The van der Waals surface area contributed by atoms with Gasteiger partial charge in [-0.25, -0.2) is 0 Å². The molecule has 0 radical (unpaired) electrons. The van der Waals surface area contributed by atoms with Gasteiger partial charge < -0.3 is 4.43 Å². The van der Waals surface area contributed by atoms with Crippen LogP contribution < -0.4 is 0 Å². The molecule has 0 aromatic carbocycles. The molecule has 0 aliphatic rings. The summed E-state index contributed by atoms with van der Waals surface area (Å²) in [5.74, 6) is -0.160. The van der Waals surface area contributed by atoms with Gasteiger partial charge in [0.15, 0.2) is 8.32 Å². The third-order valence-electron chi connectivity index (χ3n) is 1.73. The molecular formula is C6H16O4SSi. The van der Waals surface area contributed by atoms with E-state index in [9.17, 15) is 8.42 Å². The lowest BCUT2D eigenvalue weighted by Crippen LogP contribution is -2.28. The lowest BCUT2D eigenvalue weighted by Gasteiger charge is -2.18. The zero-order valence-corrected chi connectivity index (χ0v) is 9.52. The first-order valence-electron chi connectivity index (χ1n) is 3.77. The van der Waals surface area contributed by atoms with E-state index in [4.69, 9.17) is 8.98 Å². The molecule has 4 nitrogen and oxygen atoms in total. The topological polar surface area (TPSA) is 63.6 Å². The number of hydrogen-bond acceptors (Lipinski definition) is 3. The Kier molecular flexibility index (Phi) is 4.39. The number of rotatable bonds is 5. The van der Waals surface area contributed by atoms with Crippen LogP contribution in [-0.2, 0) is 14.5 Å². The molecular weight excluding hydrogens is 196 g/mol. The van der Waals surface area contributed by atoms with E-state index in [1.807, 2.05) is 13.1 Å². The van der Waals surface area contributed by atoms with Gasteiger partial charge in [-0.1, -0.05) is 0 Å². The van der Waals surface area contributed by atoms with Crippen molar-refractivity contribution in [1.29, 1.82) is 0 Å². The molecule has 0 saturated carbocycles. The maximum atomic E-state index is 10.3. The Labute approximate surface area is 74.8 Å². The van der Waals surface area contributed by atoms with Crippen LogP contribution in [-0.4, -0.2) is 34.2 Å². The van der Waals surface area contributed by atoms with Crippen LogP contribution in [0.2, 0.25) is 19.1 Å². The van der Waals surface area contributed by atoms with E-state index in [0.717, 1.165) is 6.04 Å². The summed E-state index contributed by atoms with van der Waals surface area (Å²) in [7, 11) is -3.80. The van der Waals surface area contributed by atoms with Crippen LogP contribution in [0.3, 0.4) is 0 Å². The van der Waals surface area contributed by atoms with Crippen molar-refractivity contribution in [3.63, 3.8) is 0 Å². The molecule has 0 spiro atoms. The summed E-state index contributed by atoms with van der Waals surface area (Å²) in [5, 5.41) is 0. The third-order valence-corrected chi connectivity index (χ3v) is 5.20. The predicted octanol–water partition coefficient (Wildman–Crippen LogP) is 1.12. The molecule has 1 N–H and O–H groups in total. The predicted molar refractivity (Wildman–Crippen MR) is 50.3 cm³/mol. The van der Waals surface area contributed by atoms with Gasteiger partial charge in [-0.3, -0.25) is 4.55 Å². The highest BCUT2D eigenvalue weighted by Gasteiger charge is 2.20. The first-order chi connectivity index (χ1) is 5.27. The first-order valence-corrected chi connectivity index (χ1v) is 8.50. The van der Waals surface area contributed by atoms with E-state index >= 15 is 0 Å². The van der Waals surface area contributed by atoms with Crippen molar-refractivity contribution in [1.82, 2.24) is 0 Å². The van der Waals surface area contributed by atoms with Crippen LogP contribution in [0.15, 0.2) is 0 Å². The van der Waals surface area contributed by atoms with E-state index in [-0.39, 0.29) is 5.75 Å². The van der Waals surface area contributed by atoms with Crippen LogP contribution >= 0.6 is 0 Å². The second-order valence-corrected chi connectivity index (χ2v) is 9.35. The highest BCUT2D eigenvalue weighted by Crippen LogP contribution is 2.12. The second-order valence-electron chi connectivity index (χ2n) is 3.35. The van der Waals surface area contributed by atoms with Crippen LogP contribution in [0.4, 0.5) is 0 Å². The van der Waals surface area contributed by atoms with Crippen molar-refractivity contribution in [2.45, 2.75) is 25.6 Å². The van der Waals surface area contributed by atoms with Gasteiger partial charge in [0.25, 0.3) is 10.1 Å². The smallest absolute Gasteiger partial charge is 0.264 e. The zero-order valence-electron chi connectivity index (χ0n) is 7.70. The van der Waals surface area contributed by atoms with Crippen molar-refractivity contribution in [2.24, 2.45) is 0 Å². The van der Waals surface area contributed by atoms with E-state index < -0.39 is 18.4 Å². The largest absolute Gasteiger partial charge is 0.420 e. The van der Waals surface area contributed by atoms with E-state index in [2.05, 4.69) is 0 Å². The molecule has 0 fully saturated rings. The Morgan fingerprint density at radius 3 is 2.25 bits per heavy atom. The normalized spacial score (nSPS) is 13.3. The Hall–Kier alpha value is 0.0869. The second kappa shape index (κ2) is 4.36. The first kappa shape index (κ1) is 12.1. The quantitative estimate of drug-likeness (QED) is 0.548. The molecule has 0 atom stereocenters. The maximum absolute atomic E-state index is 10.3. The molecule has 0 aromatic rings. The van der Waals surface area contributed by atoms with E-state index in [0.29, 0.717) is 6.42 Å². The zero-order chi connectivity index (χ0) is 9.83. The standard InChI is InChI=1S/C6H16O4SSi/c1-10-12(2,3)6-4-5-11(7,8)9/h4-6H2,1-3H3,(H,7,8,9). The molecule has 12 heavy (non-hydrogen) atoms. The van der Waals surface area contributed by atoms with Gasteiger partial charge in [0.2, 0.25) is 0 Å². The molecule has 0 saturated heterocycles. The molecule has 0 aliphatic heterocycles. The van der Waals surface area contributed by atoms with Gasteiger partial charge in [0.1, 0.15) is 0 Å². The minimum absolute atomic E-state index is 0.160. The van der Waals surface area contributed by atoms with Gasteiger partial charge in [-0.15, -0.1) is 0 Å². The average Bonchev–Trinajstić information content (AvgIpc) is 1.84. The third kappa shape index (κ3) is 6.78. The summed E-state index contributed by atoms with van der Waals surface area (Å²) in [5.41, 5.74) is 0. The van der Waals surface area contributed by atoms with Crippen LogP contribution in [0.25, 0.3) is 0 Å². The fraction of sp³-hybridized carbons (Fsp3) is 1.00. The fourth-order valence-corrected chi connectivity index (χ4v) is 2.78.